The van der Waals surface area contributed by atoms with Gasteiger partial charge in [-0.2, -0.15) is 44.1 Å². The van der Waals surface area contributed by atoms with Crippen LogP contribution < -0.4 is 96.7 Å². The molecule has 28 nitrogen and oxygen atoms in total. The maximum absolute atomic E-state index is 6.26. The molecule has 0 aliphatic carbocycles. The minimum atomic E-state index is 0. The zero-order valence-corrected chi connectivity index (χ0v) is 79.7. The maximum atomic E-state index is 6.26. The summed E-state index contributed by atoms with van der Waals surface area (Å²) in [5.41, 5.74) is 18.7. The Morgan fingerprint density at radius 1 is 0.167 bits per heavy atom. The van der Waals surface area contributed by atoms with Crippen LogP contribution in [0.2, 0.25) is 0 Å². The van der Waals surface area contributed by atoms with E-state index in [1.54, 1.807) is 36.5 Å². The quantitative estimate of drug-likeness (QED) is 0.0298. The van der Waals surface area contributed by atoms with E-state index < -0.39 is 0 Å². The van der Waals surface area contributed by atoms with Gasteiger partial charge in [-0.25, -0.2) is 39.9 Å². The van der Waals surface area contributed by atoms with Crippen molar-refractivity contribution >= 4 is 185 Å². The first-order valence-electron chi connectivity index (χ1n) is 43.8. The van der Waals surface area contributed by atoms with Crippen LogP contribution in [0.4, 0.5) is 0 Å². The molecule has 4 radical (unpaired) electrons. The molecular weight excluding hydrogens is 1940 g/mol. The molecule has 0 saturated carbocycles. The number of aromatic nitrogens is 16. The van der Waals surface area contributed by atoms with Gasteiger partial charge in [-0.3, -0.25) is 0 Å². The van der Waals surface area contributed by atoms with Crippen LogP contribution in [0.25, 0.3) is 185 Å². The van der Waals surface area contributed by atoms with Crippen molar-refractivity contribution in [2.75, 3.05) is 79.3 Å². The molecule has 0 fully saturated rings. The van der Waals surface area contributed by atoms with Crippen molar-refractivity contribution in [1.29, 1.82) is 0 Å². The van der Waals surface area contributed by atoms with Crippen LogP contribution in [-0.4, -0.2) is 119 Å². The molecule has 10 aromatic heterocycles. The largest absolute Gasteiger partial charge is 2.00 e. The van der Waals surface area contributed by atoms with E-state index in [9.17, 15) is 0 Å². The number of rotatable bonds is 30. The summed E-state index contributed by atoms with van der Waals surface area (Å²) in [5.74, 6) is 5.76. The molecule has 0 amide bonds. The molecule has 8 aliphatic heterocycles. The minimum Gasteiger partial charge on any atom is -0.656 e. The van der Waals surface area contributed by atoms with Crippen molar-refractivity contribution in [1.82, 2.24) is 79.7 Å². The summed E-state index contributed by atoms with van der Waals surface area (Å²) in [6.07, 6.45) is 39.9. The fourth-order valence-corrected chi connectivity index (χ4v) is 15.0. The van der Waals surface area contributed by atoms with Crippen molar-refractivity contribution in [3.63, 3.8) is 0 Å². The van der Waals surface area contributed by atoms with E-state index in [1.165, 1.54) is 0 Å². The molecule has 10 aromatic rings. The van der Waals surface area contributed by atoms with Gasteiger partial charge in [0.1, 0.15) is 177 Å². The maximum Gasteiger partial charge on any atom is 2.00 e. The predicted molar refractivity (Wildman–Crippen MR) is 531 cm³/mol. The molecule has 8 aliphatic rings. The van der Waals surface area contributed by atoms with Gasteiger partial charge in [-0.1, -0.05) is 217 Å². The summed E-state index contributed by atoms with van der Waals surface area (Å²) >= 11 is 0. The average molecular weight is 2040 g/mol. The molecule has 0 saturated heterocycles. The standard InChI is InChI=1S/C56H46N8O6.C50H46N8O6.4Cu/c1-7-29-65-51-39-17-13-35(57-39)36-14-18-40(58-36)52(66-30-8-2)45-23-27-49(63-45)56(70-34-12-6)50-28-24-46(64-50)54(68-32-10-4)42-20-16-38(60-42)37-15-19-41(59-37)53(67-31-9-3)44-22-26-48(62-44)55(69-33-11-5)47-25-21-43(51)61-47;1-7-59-45-33-17-13-29(51-33)30-14-18-34(52-30)46(60-8-2)39-23-27-43(57-39)50(64-12-6)44-28-24-40(58-44)48(62-10-4)36-20-16-32(54-36)31-15-19-35(53-31)47(61-9-3)38-22-26-42(56-38)49(63-11-5)41-25-21-37(45)55-41;;;;/h7-28H,1-6,29-34H2;13-28H,7-12H2,1-6H3;;;;/q2*-4;4*+2. The van der Waals surface area contributed by atoms with Crippen LogP contribution in [0, 0.1) is 0 Å². The second kappa shape index (κ2) is 47.0. The van der Waals surface area contributed by atoms with Crippen molar-refractivity contribution in [3.8, 4) is 69.0 Å². The summed E-state index contributed by atoms with van der Waals surface area (Å²) in [6, 6.07) is 30.2. The molecule has 0 aromatic carbocycles. The van der Waals surface area contributed by atoms with Crippen molar-refractivity contribution < 1.29 is 125 Å². The summed E-state index contributed by atoms with van der Waals surface area (Å²) in [4.78, 5) is 79.6. The zero-order valence-electron chi connectivity index (χ0n) is 75.9. The molecule has 0 N–H and O–H groups in total. The van der Waals surface area contributed by atoms with E-state index in [1.807, 2.05) is 236 Å². The molecule has 18 rings (SSSR count). The third-order valence-electron chi connectivity index (χ3n) is 20.7. The van der Waals surface area contributed by atoms with Gasteiger partial charge in [0, 0.05) is 0 Å². The van der Waals surface area contributed by atoms with Gasteiger partial charge >= 0.3 is 68.3 Å². The van der Waals surface area contributed by atoms with Crippen LogP contribution >= 0.6 is 0 Å². The van der Waals surface area contributed by atoms with Crippen molar-refractivity contribution in [2.24, 2.45) is 0 Å². The van der Waals surface area contributed by atoms with Gasteiger partial charge in [-0.05, 0) is 139 Å². The Hall–Kier alpha value is -15.0. The summed E-state index contributed by atoms with van der Waals surface area (Å²) in [7, 11) is 0. The number of nitrogens with zero attached hydrogens (tertiary/aromatic N) is 16. The molecule has 18 heterocycles. The Labute approximate surface area is 838 Å². The molecular formula is C106H92Cu4N16O12. The Kier molecular flexibility index (Phi) is 34.2. The van der Waals surface area contributed by atoms with Gasteiger partial charge in [0.05, 0.1) is 39.6 Å². The fourth-order valence-electron chi connectivity index (χ4n) is 15.0. The third-order valence-corrected chi connectivity index (χ3v) is 20.7. The number of ether oxygens (including phenoxy) is 12. The van der Waals surface area contributed by atoms with Gasteiger partial charge in [0.25, 0.3) is 0 Å². The first-order valence-corrected chi connectivity index (χ1v) is 43.8. The Balaban J connectivity index is 0.000000227. The molecule has 32 heteroatoms. The monoisotopic (exact) mass is 2030 g/mol. The minimum absolute atomic E-state index is 0. The third kappa shape index (κ3) is 21.8. The molecule has 712 valence electrons. The number of hydrogen-bond donors (Lipinski definition) is 0. The van der Waals surface area contributed by atoms with Crippen LogP contribution in [0.1, 0.15) is 133 Å². The molecule has 0 atom stereocenters. The predicted octanol–water partition coefficient (Wildman–Crippen LogP) is 20.3. The van der Waals surface area contributed by atoms with Crippen molar-refractivity contribution in [2.45, 2.75) is 41.5 Å². The second-order valence-corrected chi connectivity index (χ2v) is 29.6. The van der Waals surface area contributed by atoms with Crippen LogP contribution in [0.15, 0.2) is 173 Å². The molecule has 0 unspecified atom stereocenters. The number of fused-ring (bicyclic) bond motifs is 36. The Bertz CT molecular complexity index is 6700. The van der Waals surface area contributed by atoms with Gasteiger partial charge < -0.3 is 96.7 Å². The van der Waals surface area contributed by atoms with Gasteiger partial charge in [0.2, 0.25) is 0 Å². The van der Waals surface area contributed by atoms with E-state index in [-0.39, 0.29) is 108 Å². The molecule has 32 bridgehead atoms. The van der Waals surface area contributed by atoms with Gasteiger partial charge in [0.15, 0.2) is 23.0 Å². The van der Waals surface area contributed by atoms with Crippen LogP contribution in [0.5, 0.6) is 69.0 Å². The van der Waals surface area contributed by atoms with E-state index in [2.05, 4.69) is 39.5 Å². The topological polar surface area (TPSA) is 327 Å². The number of hydrogen-bond acceptors (Lipinski definition) is 20. The SMILES string of the molecule is C=CCOc1c2nc(c(OCC=C)c3ccc([n-]3)c3ccc([n-]3)c(OCC=C)c3nc(c(OCC=C)c4nc(c(OCC=C)c5ccc([n-]5)c5ccc([n-]5)c(OCC=C)c5nc1C=C5)C=C4)C=C3)C=C2.CCOc1c2nc(c(OCC)c3ccc([n-]3)c3ccc([n-]3)c(OCC)c3nc(c(OCC)c4nc(c(OCC)c5ccc([n-]5)c5ccc([n-]5)c(OCC)c5nc1C=C5)C=C4)C=C3)C=C2.[Cu+2].[Cu+2].[Cu+2].[Cu+2]. The first-order chi connectivity index (χ1) is 65.8. The first kappa shape index (κ1) is 100. The van der Waals surface area contributed by atoms with Crippen molar-refractivity contribution in [3.05, 3.63) is 264 Å². The smallest absolute Gasteiger partial charge is 0.656 e. The second-order valence-electron chi connectivity index (χ2n) is 29.6. The van der Waals surface area contributed by atoms with Crippen LogP contribution in [0.3, 0.4) is 0 Å². The normalized spacial score (nSPS) is 11.8. The van der Waals surface area contributed by atoms with Gasteiger partial charge in [-0.15, -0.1) is 0 Å². The molecule has 138 heavy (non-hydrogen) atoms. The zero-order chi connectivity index (χ0) is 92.6. The van der Waals surface area contributed by atoms with E-state index in [0.717, 1.165) is 0 Å². The molecule has 0 spiro atoms. The van der Waals surface area contributed by atoms with E-state index in [4.69, 9.17) is 137 Å². The fraction of sp³-hybridized carbons (Fsp3) is 0.170. The summed E-state index contributed by atoms with van der Waals surface area (Å²) in [5, 5.41) is 0. The summed E-state index contributed by atoms with van der Waals surface area (Å²) in [6.45, 7) is 38.4. The van der Waals surface area contributed by atoms with E-state index in [0.29, 0.717) is 288 Å². The van der Waals surface area contributed by atoms with Crippen LogP contribution in [-0.2, 0) is 68.3 Å². The van der Waals surface area contributed by atoms with E-state index >= 15 is 0 Å². The Morgan fingerprint density at radius 2 is 0.268 bits per heavy atom. The summed E-state index contributed by atoms with van der Waals surface area (Å²) < 4.78 is 74.8. The Morgan fingerprint density at radius 3 is 0.399 bits per heavy atom. The average Bonchev–Trinajstić information content (AvgIpc) is 1.65.